The Kier molecular flexibility index (Phi) is 5.59. The topological polar surface area (TPSA) is 108 Å². The van der Waals surface area contributed by atoms with E-state index in [2.05, 4.69) is 16.0 Å². The van der Waals surface area contributed by atoms with Crippen molar-refractivity contribution in [2.45, 2.75) is 44.1 Å². The summed E-state index contributed by atoms with van der Waals surface area (Å²) in [5.74, 6) is -1.17. The van der Waals surface area contributed by atoms with Gasteiger partial charge in [0.25, 0.3) is 0 Å². The van der Waals surface area contributed by atoms with Crippen molar-refractivity contribution in [3.05, 3.63) is 0 Å². The van der Waals surface area contributed by atoms with Crippen LogP contribution < -0.4 is 16.0 Å². The van der Waals surface area contributed by atoms with Crippen LogP contribution in [0.3, 0.4) is 0 Å². The fourth-order valence-corrected chi connectivity index (χ4v) is 2.22. The molecule has 7 heteroatoms. The van der Waals surface area contributed by atoms with E-state index in [9.17, 15) is 19.5 Å². The molecule has 19 heavy (non-hydrogen) atoms. The van der Waals surface area contributed by atoms with Crippen LogP contribution in [0.2, 0.25) is 0 Å². The largest absolute Gasteiger partial charge is 0.480 e. The lowest BCUT2D eigenvalue weighted by atomic mass is 9.82. The molecule has 0 atom stereocenters. The van der Waals surface area contributed by atoms with Gasteiger partial charge >= 0.3 is 12.0 Å². The normalized spacial score (nSPS) is 17.3. The molecule has 0 unspecified atom stereocenters. The third-order valence-electron chi connectivity index (χ3n) is 3.39. The molecule has 1 saturated carbocycles. The molecule has 1 aliphatic carbocycles. The predicted octanol–water partition coefficient (Wildman–Crippen LogP) is 0.209. The highest BCUT2D eigenvalue weighted by atomic mass is 16.4. The summed E-state index contributed by atoms with van der Waals surface area (Å²) in [6.07, 6.45) is 3.66. The Hall–Kier alpha value is -1.79. The molecule has 0 heterocycles. The van der Waals surface area contributed by atoms with Crippen LogP contribution in [0.25, 0.3) is 0 Å². The van der Waals surface area contributed by atoms with E-state index in [-0.39, 0.29) is 18.9 Å². The van der Waals surface area contributed by atoms with Gasteiger partial charge in [-0.2, -0.15) is 0 Å². The molecule has 3 amide bonds. The molecular formula is C12H21N3O4. The van der Waals surface area contributed by atoms with Crippen LogP contribution in [0.1, 0.15) is 38.5 Å². The molecule has 1 rings (SSSR count). The van der Waals surface area contributed by atoms with Crippen molar-refractivity contribution in [2.24, 2.45) is 0 Å². The molecule has 0 aromatic rings. The lowest BCUT2D eigenvalue weighted by Gasteiger charge is -2.33. The van der Waals surface area contributed by atoms with Crippen LogP contribution in [0.5, 0.6) is 0 Å². The second-order valence-electron chi connectivity index (χ2n) is 4.75. The number of nitrogens with one attached hydrogen (secondary N) is 3. The maximum Gasteiger partial charge on any atom is 0.329 e. The summed E-state index contributed by atoms with van der Waals surface area (Å²) in [4.78, 5) is 34.0. The zero-order valence-corrected chi connectivity index (χ0v) is 11.1. The van der Waals surface area contributed by atoms with Gasteiger partial charge in [-0.25, -0.2) is 9.59 Å². The van der Waals surface area contributed by atoms with Crippen LogP contribution >= 0.6 is 0 Å². The summed E-state index contributed by atoms with van der Waals surface area (Å²) in [5, 5.41) is 16.8. The number of amides is 3. The van der Waals surface area contributed by atoms with Crippen molar-refractivity contribution in [3.8, 4) is 0 Å². The van der Waals surface area contributed by atoms with E-state index in [1.807, 2.05) is 0 Å². The summed E-state index contributed by atoms with van der Waals surface area (Å²) in [7, 11) is 1.52. The van der Waals surface area contributed by atoms with Gasteiger partial charge in [-0.05, 0) is 12.8 Å². The van der Waals surface area contributed by atoms with Crippen LogP contribution in [-0.4, -0.2) is 42.1 Å². The van der Waals surface area contributed by atoms with Gasteiger partial charge < -0.3 is 21.1 Å². The Morgan fingerprint density at radius 1 is 1.16 bits per heavy atom. The second-order valence-corrected chi connectivity index (χ2v) is 4.75. The number of urea groups is 1. The molecule has 108 valence electrons. The number of carboxylic acid groups (broad SMARTS) is 1. The molecule has 4 N–H and O–H groups in total. The summed E-state index contributed by atoms with van der Waals surface area (Å²) < 4.78 is 0. The lowest BCUT2D eigenvalue weighted by molar-refractivity contribution is -0.145. The van der Waals surface area contributed by atoms with E-state index in [0.717, 1.165) is 19.3 Å². The first-order valence-electron chi connectivity index (χ1n) is 6.50. The number of hydrogen-bond donors (Lipinski definition) is 4. The third-order valence-corrected chi connectivity index (χ3v) is 3.39. The molecule has 1 aliphatic rings. The van der Waals surface area contributed by atoms with E-state index < -0.39 is 17.5 Å². The average Bonchev–Trinajstić information content (AvgIpc) is 2.39. The van der Waals surface area contributed by atoms with Gasteiger partial charge in [0.15, 0.2) is 0 Å². The Labute approximate surface area is 112 Å². The highest BCUT2D eigenvalue weighted by Gasteiger charge is 2.40. The monoisotopic (exact) mass is 271 g/mol. The number of carbonyl (C=O) groups excluding carboxylic acids is 2. The number of hydrogen-bond acceptors (Lipinski definition) is 3. The highest BCUT2D eigenvalue weighted by molar-refractivity contribution is 5.86. The molecule has 0 saturated heterocycles. The van der Waals surface area contributed by atoms with Crippen LogP contribution in [0, 0.1) is 0 Å². The van der Waals surface area contributed by atoms with Crippen LogP contribution in [0.4, 0.5) is 4.79 Å². The Bertz CT molecular complexity index is 351. The van der Waals surface area contributed by atoms with Crippen molar-refractivity contribution in [3.63, 3.8) is 0 Å². The van der Waals surface area contributed by atoms with E-state index in [4.69, 9.17) is 0 Å². The molecule has 0 aliphatic heterocycles. The van der Waals surface area contributed by atoms with E-state index in [1.54, 1.807) is 0 Å². The molecule has 0 aromatic heterocycles. The van der Waals surface area contributed by atoms with Gasteiger partial charge in [-0.15, -0.1) is 0 Å². The SMILES string of the molecule is CNC(=O)CCNC(=O)NC1(C(=O)O)CCCCC1. The van der Waals surface area contributed by atoms with Crippen LogP contribution in [0.15, 0.2) is 0 Å². The highest BCUT2D eigenvalue weighted by Crippen LogP contribution is 2.28. The van der Waals surface area contributed by atoms with Gasteiger partial charge in [0.2, 0.25) is 5.91 Å². The van der Waals surface area contributed by atoms with Gasteiger partial charge in [-0.3, -0.25) is 4.79 Å². The minimum atomic E-state index is -1.16. The second kappa shape index (κ2) is 6.96. The maximum absolute atomic E-state index is 11.7. The summed E-state index contributed by atoms with van der Waals surface area (Å²) in [5.41, 5.74) is -1.16. The quantitative estimate of drug-likeness (QED) is 0.573. The summed E-state index contributed by atoms with van der Waals surface area (Å²) in [6, 6.07) is -0.534. The molecule has 1 fully saturated rings. The van der Waals surface area contributed by atoms with Crippen molar-refractivity contribution in [2.75, 3.05) is 13.6 Å². The minimum absolute atomic E-state index is 0.171. The van der Waals surface area contributed by atoms with Crippen LogP contribution in [-0.2, 0) is 9.59 Å². The number of carbonyl (C=O) groups is 3. The van der Waals surface area contributed by atoms with Crippen molar-refractivity contribution < 1.29 is 19.5 Å². The lowest BCUT2D eigenvalue weighted by Crippen LogP contribution is -2.58. The smallest absolute Gasteiger partial charge is 0.329 e. The van der Waals surface area contributed by atoms with E-state index in [1.165, 1.54) is 7.05 Å². The van der Waals surface area contributed by atoms with Crippen molar-refractivity contribution in [1.29, 1.82) is 0 Å². The summed E-state index contributed by atoms with van der Waals surface area (Å²) >= 11 is 0. The molecule has 7 nitrogen and oxygen atoms in total. The van der Waals surface area contributed by atoms with Gasteiger partial charge in [0, 0.05) is 20.0 Å². The van der Waals surface area contributed by atoms with Crippen molar-refractivity contribution >= 4 is 17.9 Å². The molecule has 0 aromatic carbocycles. The van der Waals surface area contributed by atoms with E-state index >= 15 is 0 Å². The fourth-order valence-electron chi connectivity index (χ4n) is 2.22. The first-order valence-corrected chi connectivity index (χ1v) is 6.50. The standard InChI is InChI=1S/C12H21N3O4/c1-13-9(16)5-8-14-11(19)15-12(10(17)18)6-3-2-4-7-12/h2-8H2,1H3,(H,13,16)(H,17,18)(H2,14,15,19). The minimum Gasteiger partial charge on any atom is -0.480 e. The first kappa shape index (κ1) is 15.3. The number of carboxylic acids is 1. The Balaban J connectivity index is 2.44. The molecule has 0 bridgehead atoms. The Morgan fingerprint density at radius 2 is 1.79 bits per heavy atom. The Morgan fingerprint density at radius 3 is 2.32 bits per heavy atom. The average molecular weight is 271 g/mol. The molecule has 0 spiro atoms. The predicted molar refractivity (Wildman–Crippen MR) is 68.7 cm³/mol. The summed E-state index contributed by atoms with van der Waals surface area (Å²) in [6.45, 7) is 0.182. The van der Waals surface area contributed by atoms with Gasteiger partial charge in [-0.1, -0.05) is 19.3 Å². The van der Waals surface area contributed by atoms with Gasteiger partial charge in [0.05, 0.1) is 0 Å². The maximum atomic E-state index is 11.7. The van der Waals surface area contributed by atoms with Crippen molar-refractivity contribution in [1.82, 2.24) is 16.0 Å². The number of rotatable bonds is 5. The molecular weight excluding hydrogens is 250 g/mol. The van der Waals surface area contributed by atoms with E-state index in [0.29, 0.717) is 12.8 Å². The zero-order valence-electron chi connectivity index (χ0n) is 11.1. The number of aliphatic carboxylic acids is 1. The third kappa shape index (κ3) is 4.42. The zero-order chi connectivity index (χ0) is 14.3. The molecule has 0 radical (unpaired) electrons. The first-order chi connectivity index (χ1) is 9.00. The fraction of sp³-hybridized carbons (Fsp3) is 0.750. The van der Waals surface area contributed by atoms with Gasteiger partial charge in [0.1, 0.15) is 5.54 Å².